The minimum atomic E-state index is -2.84. The largest absolute Gasteiger partial charge is 0.507 e. The van der Waals surface area contributed by atoms with Gasteiger partial charge in [-0.1, -0.05) is 74.5 Å². The van der Waals surface area contributed by atoms with Gasteiger partial charge in [0.15, 0.2) is 0 Å². The van der Waals surface area contributed by atoms with E-state index in [4.69, 9.17) is 26.6 Å². The summed E-state index contributed by atoms with van der Waals surface area (Å²) >= 11 is 0. The number of hydrogen-bond acceptors (Lipinski definition) is 6. The summed E-state index contributed by atoms with van der Waals surface area (Å²) in [7, 11) is 4.08. The Labute approximate surface area is 183 Å². The van der Waals surface area contributed by atoms with Crippen molar-refractivity contribution in [3.05, 3.63) is 71.8 Å². The summed E-state index contributed by atoms with van der Waals surface area (Å²) in [6, 6.07) is 20.1. The average Bonchev–Trinajstić information content (AvgIpc) is 2.83. The quantitative estimate of drug-likeness (QED) is 0.498. The Morgan fingerprint density at radius 3 is 0.900 bits per heavy atom. The van der Waals surface area contributed by atoms with Crippen LogP contribution in [0.15, 0.2) is 60.7 Å². The van der Waals surface area contributed by atoms with Crippen molar-refractivity contribution in [1.29, 1.82) is 0 Å². The van der Waals surface area contributed by atoms with Gasteiger partial charge in [0.2, 0.25) is 0 Å². The highest BCUT2D eigenvalue weighted by Crippen LogP contribution is 2.37. The molecular formula is C22H36O6Si2. The van der Waals surface area contributed by atoms with E-state index < -0.39 is 17.6 Å². The van der Waals surface area contributed by atoms with E-state index in [0.29, 0.717) is 0 Å². The molecule has 0 amide bonds. The maximum Gasteiger partial charge on any atom is 0.507 e. The van der Waals surface area contributed by atoms with Crippen molar-refractivity contribution >= 4 is 17.6 Å². The van der Waals surface area contributed by atoms with E-state index >= 15 is 0 Å². The molecule has 2 aromatic carbocycles. The highest BCUT2D eigenvalue weighted by molar-refractivity contribution is 6.63. The third kappa shape index (κ3) is 6.08. The van der Waals surface area contributed by atoms with Gasteiger partial charge in [-0.2, -0.15) is 0 Å². The highest BCUT2D eigenvalue weighted by Gasteiger charge is 2.50. The van der Waals surface area contributed by atoms with E-state index in [1.165, 1.54) is 0 Å². The topological polar surface area (TPSA) is 55.4 Å². The van der Waals surface area contributed by atoms with Gasteiger partial charge in [0.1, 0.15) is 0 Å². The summed E-state index contributed by atoms with van der Waals surface area (Å²) in [5.41, 5.74) is 2.08. The highest BCUT2D eigenvalue weighted by atomic mass is 28.4. The van der Waals surface area contributed by atoms with Crippen molar-refractivity contribution in [3.8, 4) is 0 Å². The molecule has 168 valence electrons. The molecule has 0 radical (unpaired) electrons. The van der Waals surface area contributed by atoms with Crippen molar-refractivity contribution in [2.75, 3.05) is 42.7 Å². The van der Waals surface area contributed by atoms with Gasteiger partial charge in [-0.15, -0.1) is 0 Å². The fourth-order valence-electron chi connectivity index (χ4n) is 3.63. The second-order valence-electron chi connectivity index (χ2n) is 6.66. The van der Waals surface area contributed by atoms with E-state index in [-0.39, 0.29) is 11.1 Å². The van der Waals surface area contributed by atoms with Crippen LogP contribution in [0.25, 0.3) is 0 Å². The first-order valence-corrected chi connectivity index (χ1v) is 13.4. The molecule has 8 heteroatoms. The van der Waals surface area contributed by atoms with Gasteiger partial charge >= 0.3 is 17.6 Å². The summed E-state index contributed by atoms with van der Waals surface area (Å²) in [6.45, 7) is 4.12. The van der Waals surface area contributed by atoms with Crippen molar-refractivity contribution in [1.82, 2.24) is 0 Å². The molecule has 0 aliphatic rings. The summed E-state index contributed by atoms with van der Waals surface area (Å²) in [5, 5.41) is 0. The monoisotopic (exact) mass is 452 g/mol. The summed E-state index contributed by atoms with van der Waals surface area (Å²) < 4.78 is 34.0. The van der Waals surface area contributed by atoms with Crippen LogP contribution >= 0.6 is 0 Å². The Bertz CT molecular complexity index is 620. The van der Waals surface area contributed by atoms with Crippen LogP contribution in [0.5, 0.6) is 0 Å². The van der Waals surface area contributed by atoms with Gasteiger partial charge in [0.05, 0.1) is 11.1 Å². The first-order valence-electron chi connectivity index (χ1n) is 9.81. The van der Waals surface area contributed by atoms with Gasteiger partial charge in [-0.05, 0) is 11.1 Å². The average molecular weight is 453 g/mol. The third-order valence-electron chi connectivity index (χ3n) is 5.36. The molecule has 0 heterocycles. The van der Waals surface area contributed by atoms with Crippen molar-refractivity contribution < 1.29 is 26.6 Å². The normalized spacial score (nSPS) is 13.9. The molecular weight excluding hydrogens is 416 g/mol. The SMILES string of the molecule is CO[Si](OC)(OC)C(C)c1ccccc1C(C)[Si](OC)(OC)OC.c1ccccc1. The lowest BCUT2D eigenvalue weighted by molar-refractivity contribution is 0.111. The first kappa shape index (κ1) is 26.7. The number of hydrogen-bond donors (Lipinski definition) is 0. The molecule has 2 unspecified atom stereocenters. The van der Waals surface area contributed by atoms with Crippen LogP contribution in [0.4, 0.5) is 0 Å². The molecule has 2 aromatic rings. The molecule has 0 spiro atoms. The van der Waals surface area contributed by atoms with Crippen molar-refractivity contribution in [2.24, 2.45) is 0 Å². The zero-order valence-corrected chi connectivity index (χ0v) is 21.4. The molecule has 0 aromatic heterocycles. The van der Waals surface area contributed by atoms with Gasteiger partial charge in [-0.3, -0.25) is 0 Å². The van der Waals surface area contributed by atoms with E-state index in [9.17, 15) is 0 Å². The fraction of sp³-hybridized carbons (Fsp3) is 0.455. The fourth-order valence-corrected chi connectivity index (χ4v) is 8.03. The third-order valence-corrected chi connectivity index (χ3v) is 11.5. The molecule has 0 bridgehead atoms. The van der Waals surface area contributed by atoms with Gasteiger partial charge < -0.3 is 26.6 Å². The molecule has 0 aliphatic carbocycles. The van der Waals surface area contributed by atoms with E-state index in [1.807, 2.05) is 48.5 Å². The molecule has 2 rings (SSSR count). The maximum atomic E-state index is 5.66. The Morgan fingerprint density at radius 2 is 0.700 bits per heavy atom. The second-order valence-corrected chi connectivity index (χ2v) is 13.3. The van der Waals surface area contributed by atoms with Crippen LogP contribution in [0, 0.1) is 0 Å². The molecule has 0 saturated carbocycles. The smallest absolute Gasteiger partial charge is 0.376 e. The van der Waals surface area contributed by atoms with Gasteiger partial charge in [0.25, 0.3) is 0 Å². The molecule has 6 nitrogen and oxygen atoms in total. The predicted molar refractivity (Wildman–Crippen MR) is 123 cm³/mol. The van der Waals surface area contributed by atoms with Crippen LogP contribution in [0.3, 0.4) is 0 Å². The van der Waals surface area contributed by atoms with Gasteiger partial charge in [-0.25, -0.2) is 0 Å². The zero-order valence-electron chi connectivity index (χ0n) is 19.4. The van der Waals surface area contributed by atoms with Crippen molar-refractivity contribution in [3.63, 3.8) is 0 Å². The minimum absolute atomic E-state index is 0.0478. The van der Waals surface area contributed by atoms with Crippen molar-refractivity contribution in [2.45, 2.75) is 24.9 Å². The van der Waals surface area contributed by atoms with Crippen LogP contribution in [-0.4, -0.2) is 60.3 Å². The Kier molecular flexibility index (Phi) is 11.7. The van der Waals surface area contributed by atoms with Crippen LogP contribution < -0.4 is 0 Å². The van der Waals surface area contributed by atoms with Gasteiger partial charge in [0, 0.05) is 42.7 Å². The lowest BCUT2D eigenvalue weighted by Crippen LogP contribution is -2.50. The standard InChI is InChI=1S/C16H30O6Si2.C6H6/c1-13(23(17-3,18-4)19-5)15-11-9-10-12-16(15)14(2)24(20-6,21-7)22-8;1-2-4-6-5-3-1/h9-14H,1-8H3;1-6H. The lowest BCUT2D eigenvalue weighted by atomic mass is 10.0. The molecule has 0 aliphatic heterocycles. The van der Waals surface area contributed by atoms with Crippen LogP contribution in [0.1, 0.15) is 36.1 Å². The number of rotatable bonds is 10. The molecule has 2 atom stereocenters. The maximum absolute atomic E-state index is 5.66. The molecule has 0 saturated heterocycles. The lowest BCUT2D eigenvalue weighted by Gasteiger charge is -2.35. The molecule has 0 N–H and O–H groups in total. The molecule has 0 fully saturated rings. The Balaban J connectivity index is 0.000000637. The first-order chi connectivity index (χ1) is 14.4. The second kappa shape index (κ2) is 13.1. The van der Waals surface area contributed by atoms with Crippen LogP contribution in [-0.2, 0) is 26.6 Å². The van der Waals surface area contributed by atoms with E-state index in [1.54, 1.807) is 42.7 Å². The van der Waals surface area contributed by atoms with E-state index in [0.717, 1.165) is 11.1 Å². The number of benzene rings is 2. The summed E-state index contributed by atoms with van der Waals surface area (Å²) in [5.74, 6) is 0. The summed E-state index contributed by atoms with van der Waals surface area (Å²) in [4.78, 5) is 0. The van der Waals surface area contributed by atoms with Crippen LogP contribution in [0.2, 0.25) is 0 Å². The Hall–Kier alpha value is -1.37. The molecule has 30 heavy (non-hydrogen) atoms. The Morgan fingerprint density at radius 1 is 0.467 bits per heavy atom. The zero-order chi connectivity index (χ0) is 22.6. The minimum Gasteiger partial charge on any atom is -0.376 e. The predicted octanol–water partition coefficient (Wildman–Crippen LogP) is 4.41. The summed E-state index contributed by atoms with van der Waals surface area (Å²) in [6.07, 6.45) is 0. The van der Waals surface area contributed by atoms with E-state index in [2.05, 4.69) is 26.0 Å².